The lowest BCUT2D eigenvalue weighted by molar-refractivity contribution is 0.497. The second-order valence-electron chi connectivity index (χ2n) is 5.09. The number of nitrogens with one attached hydrogen (secondary N) is 1. The summed E-state index contributed by atoms with van der Waals surface area (Å²) in [7, 11) is 0. The van der Waals surface area contributed by atoms with Crippen molar-refractivity contribution in [1.82, 2.24) is 5.32 Å². The lowest BCUT2D eigenvalue weighted by atomic mass is 9.97. The average molecular weight is 310 g/mol. The maximum absolute atomic E-state index is 13.5. The van der Waals surface area contributed by atoms with Gasteiger partial charge >= 0.3 is 0 Å². The second-order valence-corrected chi connectivity index (χ2v) is 5.50. The molecule has 1 atom stereocenters. The normalized spacial score (nSPS) is 12.4. The van der Waals surface area contributed by atoms with Crippen molar-refractivity contribution in [2.75, 3.05) is 6.54 Å². The van der Waals surface area contributed by atoms with Gasteiger partial charge in [0.2, 0.25) is 0 Å². The van der Waals surface area contributed by atoms with Gasteiger partial charge in [-0.3, -0.25) is 0 Å². The summed E-state index contributed by atoms with van der Waals surface area (Å²) in [5, 5.41) is 3.52. The molecule has 0 radical (unpaired) electrons. The molecule has 0 bridgehead atoms. The molecular weight excluding hydrogens is 292 g/mol. The Kier molecular flexibility index (Phi) is 5.32. The molecule has 0 aliphatic carbocycles. The van der Waals surface area contributed by atoms with Crippen molar-refractivity contribution >= 4 is 11.6 Å². The molecule has 0 saturated carbocycles. The average Bonchev–Trinajstić information content (AvgIpc) is 2.42. The minimum Gasteiger partial charge on any atom is -0.310 e. The van der Waals surface area contributed by atoms with Gasteiger partial charge in [-0.05, 0) is 43.1 Å². The van der Waals surface area contributed by atoms with E-state index < -0.39 is 11.6 Å². The van der Waals surface area contributed by atoms with Gasteiger partial charge in [-0.15, -0.1) is 0 Å². The first kappa shape index (κ1) is 15.9. The van der Waals surface area contributed by atoms with Crippen LogP contribution >= 0.6 is 11.6 Å². The van der Waals surface area contributed by atoms with Crippen molar-refractivity contribution in [3.63, 3.8) is 0 Å². The Morgan fingerprint density at radius 1 is 1.14 bits per heavy atom. The first-order valence-electron chi connectivity index (χ1n) is 6.94. The summed E-state index contributed by atoms with van der Waals surface area (Å²) in [5.74, 6) is -1.80. The zero-order chi connectivity index (χ0) is 15.4. The van der Waals surface area contributed by atoms with Crippen molar-refractivity contribution in [2.24, 2.45) is 0 Å². The number of rotatable bonds is 5. The minimum atomic E-state index is -0.922. The number of benzene rings is 2. The van der Waals surface area contributed by atoms with Crippen LogP contribution in [0.3, 0.4) is 0 Å². The minimum absolute atomic E-state index is 0.153. The highest BCUT2D eigenvalue weighted by molar-refractivity contribution is 6.31. The molecule has 1 N–H and O–H groups in total. The van der Waals surface area contributed by atoms with Gasteiger partial charge in [0.05, 0.1) is 0 Å². The van der Waals surface area contributed by atoms with Crippen molar-refractivity contribution in [2.45, 2.75) is 26.3 Å². The van der Waals surface area contributed by atoms with Crippen LogP contribution in [0.25, 0.3) is 0 Å². The van der Waals surface area contributed by atoms with Crippen LogP contribution in [-0.2, 0) is 6.42 Å². The maximum Gasteiger partial charge on any atom is 0.160 e. The molecule has 0 aliphatic rings. The van der Waals surface area contributed by atoms with E-state index >= 15 is 0 Å². The van der Waals surface area contributed by atoms with E-state index in [-0.39, 0.29) is 11.1 Å². The van der Waals surface area contributed by atoms with E-state index in [9.17, 15) is 8.78 Å². The number of halogens is 3. The highest BCUT2D eigenvalue weighted by Crippen LogP contribution is 2.28. The van der Waals surface area contributed by atoms with Crippen LogP contribution in [-0.4, -0.2) is 6.54 Å². The fraction of sp³-hybridized carbons (Fsp3) is 0.294. The molecule has 2 rings (SSSR count). The van der Waals surface area contributed by atoms with E-state index in [1.807, 2.05) is 32.0 Å². The fourth-order valence-corrected chi connectivity index (χ4v) is 2.70. The van der Waals surface area contributed by atoms with E-state index in [1.165, 1.54) is 11.6 Å². The van der Waals surface area contributed by atoms with Gasteiger partial charge in [0.25, 0.3) is 0 Å². The molecule has 21 heavy (non-hydrogen) atoms. The molecule has 2 aromatic carbocycles. The Balaban J connectivity index is 2.33. The molecule has 0 aromatic heterocycles. The smallest absolute Gasteiger partial charge is 0.160 e. The van der Waals surface area contributed by atoms with Crippen molar-refractivity contribution in [1.29, 1.82) is 0 Å². The predicted octanol–water partition coefficient (Wildman–Crippen LogP) is 4.82. The third-order valence-corrected chi connectivity index (χ3v) is 3.72. The van der Waals surface area contributed by atoms with E-state index in [1.54, 1.807) is 0 Å². The van der Waals surface area contributed by atoms with Crippen LogP contribution in [0.1, 0.15) is 29.7 Å². The Hall–Kier alpha value is -1.45. The second kappa shape index (κ2) is 7.01. The molecule has 1 unspecified atom stereocenters. The van der Waals surface area contributed by atoms with Crippen molar-refractivity contribution in [3.8, 4) is 0 Å². The molecule has 0 saturated heterocycles. The number of hydrogen-bond donors (Lipinski definition) is 1. The maximum atomic E-state index is 13.5. The lowest BCUT2D eigenvalue weighted by Gasteiger charge is -2.20. The summed E-state index contributed by atoms with van der Waals surface area (Å²) >= 11 is 6.08. The van der Waals surface area contributed by atoms with Crippen LogP contribution in [0.15, 0.2) is 36.4 Å². The van der Waals surface area contributed by atoms with Gasteiger partial charge in [-0.1, -0.05) is 48.4 Å². The molecule has 112 valence electrons. The van der Waals surface area contributed by atoms with Gasteiger partial charge in [0.15, 0.2) is 11.6 Å². The molecule has 0 heterocycles. The summed E-state index contributed by atoms with van der Waals surface area (Å²) in [4.78, 5) is 0. The summed E-state index contributed by atoms with van der Waals surface area (Å²) in [6, 6.07) is 10.2. The van der Waals surface area contributed by atoms with Crippen LogP contribution in [0.2, 0.25) is 5.02 Å². The van der Waals surface area contributed by atoms with Gasteiger partial charge in [0, 0.05) is 11.1 Å². The van der Waals surface area contributed by atoms with E-state index in [4.69, 9.17) is 11.6 Å². The monoisotopic (exact) mass is 309 g/mol. The van der Waals surface area contributed by atoms with Crippen LogP contribution in [0.4, 0.5) is 8.78 Å². The predicted molar refractivity (Wildman–Crippen MR) is 82.7 cm³/mol. The summed E-state index contributed by atoms with van der Waals surface area (Å²) in [6.45, 7) is 4.71. The summed E-state index contributed by atoms with van der Waals surface area (Å²) < 4.78 is 26.7. The Bertz CT molecular complexity index is 628. The van der Waals surface area contributed by atoms with Crippen LogP contribution in [0.5, 0.6) is 0 Å². The van der Waals surface area contributed by atoms with Gasteiger partial charge < -0.3 is 5.32 Å². The molecule has 0 spiro atoms. The zero-order valence-corrected chi connectivity index (χ0v) is 12.8. The van der Waals surface area contributed by atoms with Crippen LogP contribution in [0, 0.1) is 18.6 Å². The molecule has 2 aromatic rings. The molecule has 1 nitrogen and oxygen atoms in total. The lowest BCUT2D eigenvalue weighted by Crippen LogP contribution is -2.23. The number of likely N-dealkylation sites (N-methyl/N-ethyl adjacent to an activating group) is 1. The van der Waals surface area contributed by atoms with Crippen molar-refractivity contribution < 1.29 is 8.78 Å². The quantitative estimate of drug-likeness (QED) is 0.781. The number of aryl methyl sites for hydroxylation is 1. The van der Waals surface area contributed by atoms with E-state index in [0.29, 0.717) is 18.5 Å². The van der Waals surface area contributed by atoms with Gasteiger partial charge in [-0.2, -0.15) is 0 Å². The Labute approximate surface area is 128 Å². The summed E-state index contributed by atoms with van der Waals surface area (Å²) in [5.41, 5.74) is 2.87. The fourth-order valence-electron chi connectivity index (χ4n) is 2.42. The van der Waals surface area contributed by atoms with Crippen LogP contribution < -0.4 is 5.32 Å². The third-order valence-electron chi connectivity index (χ3n) is 3.39. The first-order chi connectivity index (χ1) is 10.0. The third kappa shape index (κ3) is 4.02. The van der Waals surface area contributed by atoms with E-state index in [0.717, 1.165) is 11.6 Å². The number of hydrogen-bond acceptors (Lipinski definition) is 1. The zero-order valence-electron chi connectivity index (χ0n) is 12.1. The topological polar surface area (TPSA) is 12.0 Å². The highest BCUT2D eigenvalue weighted by atomic mass is 35.5. The molecular formula is C17H18ClF2N. The Morgan fingerprint density at radius 2 is 1.86 bits per heavy atom. The Morgan fingerprint density at radius 3 is 2.52 bits per heavy atom. The molecule has 4 heteroatoms. The largest absolute Gasteiger partial charge is 0.310 e. The molecule has 0 amide bonds. The SMILES string of the molecule is CCNC(Cc1cccc(C)c1)c1cc(F)c(F)cc1Cl. The first-order valence-corrected chi connectivity index (χ1v) is 7.32. The summed E-state index contributed by atoms with van der Waals surface area (Å²) in [6.07, 6.45) is 0.667. The molecule has 0 fully saturated rings. The van der Waals surface area contributed by atoms with Gasteiger partial charge in [-0.25, -0.2) is 8.78 Å². The van der Waals surface area contributed by atoms with E-state index in [2.05, 4.69) is 11.4 Å². The standard InChI is InChI=1S/C17H18ClF2N/c1-3-21-17(8-12-6-4-5-11(2)7-12)13-9-15(19)16(20)10-14(13)18/h4-7,9-10,17,21H,3,8H2,1-2H3. The molecule has 0 aliphatic heterocycles. The van der Waals surface area contributed by atoms with Crippen molar-refractivity contribution in [3.05, 3.63) is 69.7 Å². The highest BCUT2D eigenvalue weighted by Gasteiger charge is 2.17. The van der Waals surface area contributed by atoms with Gasteiger partial charge in [0.1, 0.15) is 0 Å².